The van der Waals surface area contributed by atoms with Gasteiger partial charge in [-0.2, -0.15) is 11.3 Å². The minimum atomic E-state index is 0.427. The van der Waals surface area contributed by atoms with Gasteiger partial charge in [0.2, 0.25) is 0 Å². The van der Waals surface area contributed by atoms with Crippen LogP contribution in [0.3, 0.4) is 0 Å². The zero-order chi connectivity index (χ0) is 14.5. The van der Waals surface area contributed by atoms with Gasteiger partial charge in [0.25, 0.3) is 0 Å². The van der Waals surface area contributed by atoms with Gasteiger partial charge in [0, 0.05) is 6.04 Å². The maximum atomic E-state index is 3.62. The van der Waals surface area contributed by atoms with Gasteiger partial charge in [-0.25, -0.2) is 0 Å². The maximum Gasteiger partial charge on any atom is 0.0371 e. The van der Waals surface area contributed by atoms with Crippen molar-refractivity contribution >= 4 is 11.3 Å². The molecule has 1 N–H and O–H groups in total. The predicted octanol–water partition coefficient (Wildman–Crippen LogP) is 5.07. The van der Waals surface area contributed by atoms with E-state index in [4.69, 9.17) is 0 Å². The standard InChI is InChI=1S/C18H25NS/c1-5-19-18(17-12-20-11-14(17)4)10-15-6-8-16(9-7-15)13(2)3/h6-9,11-13,18-19H,5,10H2,1-4H3. The van der Waals surface area contributed by atoms with Gasteiger partial charge in [-0.15, -0.1) is 0 Å². The molecule has 1 atom stereocenters. The van der Waals surface area contributed by atoms with Crippen LogP contribution in [0.2, 0.25) is 0 Å². The predicted molar refractivity (Wildman–Crippen MR) is 89.7 cm³/mol. The first-order chi connectivity index (χ1) is 9.61. The van der Waals surface area contributed by atoms with Crippen LogP contribution in [0.5, 0.6) is 0 Å². The Balaban J connectivity index is 2.14. The molecule has 0 aliphatic carbocycles. The highest BCUT2D eigenvalue weighted by Gasteiger charge is 2.14. The molecular weight excluding hydrogens is 262 g/mol. The zero-order valence-electron chi connectivity index (χ0n) is 12.9. The Labute approximate surface area is 127 Å². The number of likely N-dealkylation sites (N-methyl/N-ethyl adjacent to an activating group) is 1. The Morgan fingerprint density at radius 3 is 2.30 bits per heavy atom. The molecule has 2 aromatic rings. The van der Waals surface area contributed by atoms with Gasteiger partial charge in [0.1, 0.15) is 0 Å². The van der Waals surface area contributed by atoms with E-state index in [1.165, 1.54) is 22.3 Å². The maximum absolute atomic E-state index is 3.62. The normalized spacial score (nSPS) is 12.8. The Morgan fingerprint density at radius 2 is 1.80 bits per heavy atom. The fourth-order valence-electron chi connectivity index (χ4n) is 2.54. The second-order valence-electron chi connectivity index (χ2n) is 5.72. The molecule has 0 aliphatic rings. The molecule has 2 rings (SSSR count). The molecule has 1 heterocycles. The summed E-state index contributed by atoms with van der Waals surface area (Å²) >= 11 is 1.80. The molecule has 1 unspecified atom stereocenters. The molecule has 1 aromatic heterocycles. The number of aryl methyl sites for hydroxylation is 1. The quantitative estimate of drug-likeness (QED) is 0.782. The number of thiophene rings is 1. The molecule has 20 heavy (non-hydrogen) atoms. The summed E-state index contributed by atoms with van der Waals surface area (Å²) in [5.74, 6) is 0.604. The van der Waals surface area contributed by atoms with Gasteiger partial charge in [0.15, 0.2) is 0 Å². The van der Waals surface area contributed by atoms with Gasteiger partial charge >= 0.3 is 0 Å². The molecule has 0 saturated carbocycles. The smallest absolute Gasteiger partial charge is 0.0371 e. The average Bonchev–Trinajstić information content (AvgIpc) is 2.85. The Bertz CT molecular complexity index is 525. The molecule has 0 fully saturated rings. The van der Waals surface area contributed by atoms with Crippen molar-refractivity contribution in [2.75, 3.05) is 6.54 Å². The third kappa shape index (κ3) is 3.71. The van der Waals surface area contributed by atoms with E-state index >= 15 is 0 Å². The molecule has 108 valence electrons. The Morgan fingerprint density at radius 1 is 1.10 bits per heavy atom. The number of hydrogen-bond donors (Lipinski definition) is 1. The fourth-order valence-corrected chi connectivity index (χ4v) is 3.45. The van der Waals surface area contributed by atoms with E-state index < -0.39 is 0 Å². The van der Waals surface area contributed by atoms with Gasteiger partial charge in [-0.3, -0.25) is 0 Å². The lowest BCUT2D eigenvalue weighted by Crippen LogP contribution is -2.23. The first kappa shape index (κ1) is 15.3. The van der Waals surface area contributed by atoms with Gasteiger partial charge in [-0.05, 0) is 58.8 Å². The molecule has 0 amide bonds. The lowest BCUT2D eigenvalue weighted by atomic mass is 9.96. The fraction of sp³-hybridized carbons (Fsp3) is 0.444. The summed E-state index contributed by atoms with van der Waals surface area (Å²) < 4.78 is 0. The van der Waals surface area contributed by atoms with Crippen molar-refractivity contribution in [1.82, 2.24) is 5.32 Å². The summed E-state index contributed by atoms with van der Waals surface area (Å²) in [6, 6.07) is 9.52. The van der Waals surface area contributed by atoms with Crippen LogP contribution >= 0.6 is 11.3 Å². The molecule has 0 saturated heterocycles. The molecule has 1 nitrogen and oxygen atoms in total. The van der Waals surface area contributed by atoms with Crippen molar-refractivity contribution in [2.45, 2.75) is 46.1 Å². The van der Waals surface area contributed by atoms with E-state index in [-0.39, 0.29) is 0 Å². The summed E-state index contributed by atoms with van der Waals surface area (Å²) in [7, 11) is 0. The van der Waals surface area contributed by atoms with Crippen molar-refractivity contribution < 1.29 is 0 Å². The van der Waals surface area contributed by atoms with Crippen LogP contribution < -0.4 is 5.32 Å². The SMILES string of the molecule is CCNC(Cc1ccc(C(C)C)cc1)c1cscc1C. The van der Waals surface area contributed by atoms with Crippen LogP contribution in [0, 0.1) is 6.92 Å². The van der Waals surface area contributed by atoms with Crippen molar-refractivity contribution in [3.8, 4) is 0 Å². The minimum absolute atomic E-state index is 0.427. The lowest BCUT2D eigenvalue weighted by molar-refractivity contribution is 0.549. The Hall–Kier alpha value is -1.12. The van der Waals surface area contributed by atoms with Gasteiger partial charge < -0.3 is 5.32 Å². The second-order valence-corrected chi connectivity index (χ2v) is 6.46. The molecule has 0 bridgehead atoms. The average molecular weight is 287 g/mol. The number of benzene rings is 1. The molecular formula is C18H25NS. The summed E-state index contributed by atoms with van der Waals surface area (Å²) in [5.41, 5.74) is 5.68. The summed E-state index contributed by atoms with van der Waals surface area (Å²) in [4.78, 5) is 0. The van der Waals surface area contributed by atoms with E-state index in [0.29, 0.717) is 12.0 Å². The van der Waals surface area contributed by atoms with Crippen molar-refractivity contribution in [3.05, 3.63) is 57.3 Å². The van der Waals surface area contributed by atoms with E-state index in [0.717, 1.165) is 13.0 Å². The zero-order valence-corrected chi connectivity index (χ0v) is 13.8. The first-order valence-electron chi connectivity index (χ1n) is 7.46. The summed E-state index contributed by atoms with van der Waals surface area (Å²) in [6.07, 6.45) is 1.06. The van der Waals surface area contributed by atoms with Crippen molar-refractivity contribution in [3.63, 3.8) is 0 Å². The van der Waals surface area contributed by atoms with Crippen molar-refractivity contribution in [2.24, 2.45) is 0 Å². The summed E-state index contributed by atoms with van der Waals surface area (Å²) in [6.45, 7) is 9.87. The van der Waals surface area contributed by atoms with Gasteiger partial charge in [0.05, 0.1) is 0 Å². The Kier molecular flexibility index (Phi) is 5.38. The third-order valence-corrected chi connectivity index (χ3v) is 4.69. The monoisotopic (exact) mass is 287 g/mol. The highest BCUT2D eigenvalue weighted by atomic mass is 32.1. The van der Waals surface area contributed by atoms with E-state index in [9.17, 15) is 0 Å². The number of rotatable bonds is 6. The lowest BCUT2D eigenvalue weighted by Gasteiger charge is -2.19. The van der Waals surface area contributed by atoms with Crippen LogP contribution in [-0.4, -0.2) is 6.54 Å². The van der Waals surface area contributed by atoms with Crippen LogP contribution in [0.25, 0.3) is 0 Å². The highest BCUT2D eigenvalue weighted by Crippen LogP contribution is 2.25. The molecule has 0 aliphatic heterocycles. The minimum Gasteiger partial charge on any atom is -0.310 e. The molecule has 1 aromatic carbocycles. The number of hydrogen-bond acceptors (Lipinski definition) is 2. The second kappa shape index (κ2) is 7.05. The molecule has 0 spiro atoms. The number of nitrogens with one attached hydrogen (secondary N) is 1. The van der Waals surface area contributed by atoms with Gasteiger partial charge in [-0.1, -0.05) is 45.0 Å². The van der Waals surface area contributed by atoms with Crippen LogP contribution in [-0.2, 0) is 6.42 Å². The summed E-state index contributed by atoms with van der Waals surface area (Å²) in [5, 5.41) is 8.14. The van der Waals surface area contributed by atoms with Crippen LogP contribution in [0.15, 0.2) is 35.0 Å². The third-order valence-electron chi connectivity index (χ3n) is 3.81. The van der Waals surface area contributed by atoms with Crippen LogP contribution in [0.4, 0.5) is 0 Å². The van der Waals surface area contributed by atoms with E-state index in [1.807, 2.05) is 0 Å². The highest BCUT2D eigenvalue weighted by molar-refractivity contribution is 7.08. The van der Waals surface area contributed by atoms with E-state index in [2.05, 4.69) is 68.0 Å². The first-order valence-corrected chi connectivity index (χ1v) is 8.41. The van der Waals surface area contributed by atoms with Crippen LogP contribution in [0.1, 0.15) is 55.0 Å². The molecule has 2 heteroatoms. The largest absolute Gasteiger partial charge is 0.310 e. The topological polar surface area (TPSA) is 12.0 Å². The van der Waals surface area contributed by atoms with Crippen molar-refractivity contribution in [1.29, 1.82) is 0 Å². The van der Waals surface area contributed by atoms with E-state index in [1.54, 1.807) is 11.3 Å². The molecule has 0 radical (unpaired) electrons.